The summed E-state index contributed by atoms with van der Waals surface area (Å²) >= 11 is 0. The zero-order valence-corrected chi connectivity index (χ0v) is 15.6. The highest BCUT2D eigenvalue weighted by molar-refractivity contribution is 5.95. The number of carbonyl (C=O) groups excluding carboxylic acids is 1. The lowest BCUT2D eigenvalue weighted by atomic mass is 9.97. The highest BCUT2D eigenvalue weighted by Crippen LogP contribution is 2.26. The van der Waals surface area contributed by atoms with Crippen molar-refractivity contribution in [2.75, 3.05) is 33.9 Å². The molecule has 1 aliphatic rings. The van der Waals surface area contributed by atoms with Crippen molar-refractivity contribution >= 4 is 5.91 Å². The van der Waals surface area contributed by atoms with E-state index in [4.69, 9.17) is 14.2 Å². The molecule has 0 atom stereocenters. The van der Waals surface area contributed by atoms with E-state index >= 15 is 0 Å². The van der Waals surface area contributed by atoms with Gasteiger partial charge in [0.1, 0.15) is 23.1 Å². The Labute approximate surface area is 158 Å². The van der Waals surface area contributed by atoms with Gasteiger partial charge in [-0.3, -0.25) is 4.79 Å². The van der Waals surface area contributed by atoms with Crippen LogP contribution >= 0.6 is 0 Å². The quantitative estimate of drug-likeness (QED) is 0.773. The molecular formula is C21H24FNO4. The van der Waals surface area contributed by atoms with E-state index in [9.17, 15) is 9.18 Å². The summed E-state index contributed by atoms with van der Waals surface area (Å²) in [6.07, 6.45) is 1.74. The van der Waals surface area contributed by atoms with Gasteiger partial charge in [0.05, 0.1) is 20.8 Å². The second kappa shape index (κ2) is 8.75. The number of methoxy groups -OCH3 is 2. The van der Waals surface area contributed by atoms with Crippen LogP contribution in [-0.4, -0.2) is 44.7 Å². The van der Waals surface area contributed by atoms with E-state index in [0.717, 1.165) is 12.8 Å². The maximum Gasteiger partial charge on any atom is 0.254 e. The summed E-state index contributed by atoms with van der Waals surface area (Å²) in [6, 6.07) is 11.2. The molecule has 27 heavy (non-hydrogen) atoms. The van der Waals surface area contributed by atoms with E-state index < -0.39 is 0 Å². The summed E-state index contributed by atoms with van der Waals surface area (Å²) in [6.45, 7) is 1.92. The first kappa shape index (κ1) is 19.0. The van der Waals surface area contributed by atoms with Crippen LogP contribution in [0.1, 0.15) is 23.2 Å². The zero-order chi connectivity index (χ0) is 19.2. The van der Waals surface area contributed by atoms with Gasteiger partial charge in [-0.05, 0) is 55.2 Å². The van der Waals surface area contributed by atoms with Crippen molar-refractivity contribution in [2.45, 2.75) is 12.8 Å². The van der Waals surface area contributed by atoms with Crippen molar-refractivity contribution in [3.8, 4) is 17.2 Å². The molecule has 144 valence electrons. The van der Waals surface area contributed by atoms with Gasteiger partial charge >= 0.3 is 0 Å². The minimum absolute atomic E-state index is 0.0231. The lowest BCUT2D eigenvalue weighted by Gasteiger charge is -2.32. The van der Waals surface area contributed by atoms with Crippen LogP contribution in [0.5, 0.6) is 17.2 Å². The van der Waals surface area contributed by atoms with Crippen molar-refractivity contribution in [1.82, 2.24) is 4.90 Å². The normalized spacial score (nSPS) is 14.7. The fourth-order valence-corrected chi connectivity index (χ4v) is 3.16. The van der Waals surface area contributed by atoms with Gasteiger partial charge in [-0.1, -0.05) is 0 Å². The number of likely N-dealkylation sites (tertiary alicyclic amines) is 1. The summed E-state index contributed by atoms with van der Waals surface area (Å²) in [7, 11) is 3.13. The second-order valence-corrected chi connectivity index (χ2v) is 6.60. The molecule has 1 aliphatic heterocycles. The topological polar surface area (TPSA) is 48.0 Å². The molecule has 0 unspecified atom stereocenters. The molecule has 0 saturated carbocycles. The summed E-state index contributed by atoms with van der Waals surface area (Å²) in [4.78, 5) is 14.7. The van der Waals surface area contributed by atoms with Gasteiger partial charge < -0.3 is 19.1 Å². The van der Waals surface area contributed by atoms with Crippen molar-refractivity contribution < 1.29 is 23.4 Å². The largest absolute Gasteiger partial charge is 0.497 e. The average molecular weight is 373 g/mol. The van der Waals surface area contributed by atoms with Gasteiger partial charge in [-0.2, -0.15) is 0 Å². The number of amides is 1. The molecule has 1 saturated heterocycles. The van der Waals surface area contributed by atoms with E-state index in [1.54, 1.807) is 44.6 Å². The molecule has 0 aliphatic carbocycles. The molecule has 2 aromatic rings. The summed E-state index contributed by atoms with van der Waals surface area (Å²) < 4.78 is 29.2. The Morgan fingerprint density at radius 2 is 1.59 bits per heavy atom. The number of ether oxygens (including phenoxy) is 3. The smallest absolute Gasteiger partial charge is 0.254 e. The summed E-state index contributed by atoms with van der Waals surface area (Å²) in [5.41, 5.74) is 0.562. The second-order valence-electron chi connectivity index (χ2n) is 6.60. The monoisotopic (exact) mass is 373 g/mol. The van der Waals surface area contributed by atoms with Gasteiger partial charge in [0.25, 0.3) is 5.91 Å². The van der Waals surface area contributed by atoms with Crippen LogP contribution in [0.2, 0.25) is 0 Å². The van der Waals surface area contributed by atoms with E-state index in [2.05, 4.69) is 0 Å². The Morgan fingerprint density at radius 1 is 1.00 bits per heavy atom. The van der Waals surface area contributed by atoms with Crippen LogP contribution in [0.3, 0.4) is 0 Å². The average Bonchev–Trinajstić information content (AvgIpc) is 2.72. The maximum absolute atomic E-state index is 12.9. The lowest BCUT2D eigenvalue weighted by Crippen LogP contribution is -2.39. The Balaban J connectivity index is 1.54. The van der Waals surface area contributed by atoms with Crippen LogP contribution in [0, 0.1) is 11.7 Å². The first-order chi connectivity index (χ1) is 13.1. The van der Waals surface area contributed by atoms with Gasteiger partial charge in [-0.15, -0.1) is 0 Å². The summed E-state index contributed by atoms with van der Waals surface area (Å²) in [5, 5.41) is 0. The van der Waals surface area contributed by atoms with Crippen LogP contribution in [0.4, 0.5) is 4.39 Å². The molecule has 0 radical (unpaired) electrons. The molecule has 6 heteroatoms. The fourth-order valence-electron chi connectivity index (χ4n) is 3.16. The fraction of sp³-hybridized carbons (Fsp3) is 0.381. The molecule has 3 rings (SSSR count). The third-order valence-corrected chi connectivity index (χ3v) is 4.80. The standard InChI is InChI=1S/C21H24FNO4/c1-25-19-11-16(12-20(13-19)26-2)21(24)23-9-7-15(8-10-23)14-27-18-5-3-17(22)4-6-18/h3-6,11-13,15H,7-10,14H2,1-2H3. The minimum atomic E-state index is -0.275. The van der Waals surface area contributed by atoms with Crippen LogP contribution in [-0.2, 0) is 0 Å². The Bertz CT molecular complexity index is 748. The number of carbonyl (C=O) groups is 1. The van der Waals surface area contributed by atoms with E-state index in [1.165, 1.54) is 12.1 Å². The predicted octanol–water partition coefficient (Wildman–Crippen LogP) is 3.77. The highest BCUT2D eigenvalue weighted by atomic mass is 19.1. The number of hydrogen-bond acceptors (Lipinski definition) is 4. The molecule has 1 fully saturated rings. The lowest BCUT2D eigenvalue weighted by molar-refractivity contribution is 0.0660. The predicted molar refractivity (Wildman–Crippen MR) is 100 cm³/mol. The molecule has 0 N–H and O–H groups in total. The van der Waals surface area contributed by atoms with Crippen molar-refractivity contribution in [1.29, 1.82) is 0 Å². The van der Waals surface area contributed by atoms with Gasteiger partial charge in [0.2, 0.25) is 0 Å². The third kappa shape index (κ3) is 4.90. The highest BCUT2D eigenvalue weighted by Gasteiger charge is 2.24. The van der Waals surface area contributed by atoms with Crippen molar-refractivity contribution in [2.24, 2.45) is 5.92 Å². The maximum atomic E-state index is 12.9. The zero-order valence-electron chi connectivity index (χ0n) is 15.6. The first-order valence-electron chi connectivity index (χ1n) is 8.99. The Kier molecular flexibility index (Phi) is 6.16. The number of halogens is 1. The minimum Gasteiger partial charge on any atom is -0.497 e. The SMILES string of the molecule is COc1cc(OC)cc(C(=O)N2CCC(COc3ccc(F)cc3)CC2)c1. The Morgan fingerprint density at radius 3 is 2.15 bits per heavy atom. The molecular weight excluding hydrogens is 349 g/mol. The van der Waals surface area contributed by atoms with Crippen LogP contribution < -0.4 is 14.2 Å². The number of hydrogen-bond donors (Lipinski definition) is 0. The molecule has 5 nitrogen and oxygen atoms in total. The summed E-state index contributed by atoms with van der Waals surface area (Å²) in [5.74, 6) is 1.94. The van der Waals surface area contributed by atoms with Crippen molar-refractivity contribution in [3.05, 3.63) is 53.8 Å². The van der Waals surface area contributed by atoms with E-state index in [1.807, 2.05) is 4.90 Å². The van der Waals surface area contributed by atoms with Crippen LogP contribution in [0.25, 0.3) is 0 Å². The Hall–Kier alpha value is -2.76. The van der Waals surface area contributed by atoms with Gasteiger partial charge in [0, 0.05) is 24.7 Å². The van der Waals surface area contributed by atoms with Crippen LogP contribution in [0.15, 0.2) is 42.5 Å². The molecule has 1 heterocycles. The molecule has 0 spiro atoms. The third-order valence-electron chi connectivity index (χ3n) is 4.80. The van der Waals surface area contributed by atoms with E-state index in [-0.39, 0.29) is 11.7 Å². The number of piperidine rings is 1. The number of rotatable bonds is 6. The molecule has 2 aromatic carbocycles. The van der Waals surface area contributed by atoms with Crippen molar-refractivity contribution in [3.63, 3.8) is 0 Å². The molecule has 0 aromatic heterocycles. The number of nitrogens with zero attached hydrogens (tertiary/aromatic N) is 1. The molecule has 1 amide bonds. The van der Waals surface area contributed by atoms with Gasteiger partial charge in [0.15, 0.2) is 0 Å². The molecule has 0 bridgehead atoms. The first-order valence-corrected chi connectivity index (χ1v) is 8.99. The number of benzene rings is 2. The van der Waals surface area contributed by atoms with Gasteiger partial charge in [-0.25, -0.2) is 4.39 Å². The van der Waals surface area contributed by atoms with E-state index in [0.29, 0.717) is 48.4 Å².